The lowest BCUT2D eigenvalue weighted by Gasteiger charge is -2.10. The Hall–Kier alpha value is -3.20. The number of benzene rings is 2. The second-order valence-corrected chi connectivity index (χ2v) is 8.89. The SMILES string of the molecule is CC(C)CC(=O)Nc1ccc(C(=O)COC(=O)c2ccccc2NS(C)(=O)=O)cc1. The van der Waals surface area contributed by atoms with Gasteiger partial charge in [0.1, 0.15) is 0 Å². The number of carbonyl (C=O) groups excluding carboxylic acids is 3. The van der Waals surface area contributed by atoms with E-state index in [9.17, 15) is 22.8 Å². The first-order valence-corrected chi connectivity index (χ1v) is 11.1. The minimum absolute atomic E-state index is 0.000983. The molecule has 160 valence electrons. The molecule has 2 rings (SSSR count). The molecule has 0 fully saturated rings. The highest BCUT2D eigenvalue weighted by Gasteiger charge is 2.17. The van der Waals surface area contributed by atoms with Crippen LogP contribution in [0.2, 0.25) is 0 Å². The van der Waals surface area contributed by atoms with Gasteiger partial charge in [-0.25, -0.2) is 13.2 Å². The fraction of sp³-hybridized carbons (Fsp3) is 0.286. The van der Waals surface area contributed by atoms with Crippen LogP contribution in [0.1, 0.15) is 41.0 Å². The highest BCUT2D eigenvalue weighted by molar-refractivity contribution is 7.92. The fourth-order valence-corrected chi connectivity index (χ4v) is 3.14. The van der Waals surface area contributed by atoms with Crippen molar-refractivity contribution in [2.75, 3.05) is 22.9 Å². The molecule has 2 N–H and O–H groups in total. The maximum Gasteiger partial charge on any atom is 0.340 e. The zero-order valence-electron chi connectivity index (χ0n) is 17.0. The van der Waals surface area contributed by atoms with Gasteiger partial charge in [0.2, 0.25) is 15.9 Å². The summed E-state index contributed by atoms with van der Waals surface area (Å²) >= 11 is 0. The summed E-state index contributed by atoms with van der Waals surface area (Å²) in [5, 5.41) is 2.74. The van der Waals surface area contributed by atoms with Gasteiger partial charge in [-0.05, 0) is 42.3 Å². The van der Waals surface area contributed by atoms with Gasteiger partial charge >= 0.3 is 5.97 Å². The molecule has 0 saturated heterocycles. The van der Waals surface area contributed by atoms with Gasteiger partial charge in [0.05, 0.1) is 17.5 Å². The molecule has 1 amide bonds. The molecule has 2 aromatic carbocycles. The monoisotopic (exact) mass is 432 g/mol. The van der Waals surface area contributed by atoms with Crippen LogP contribution >= 0.6 is 0 Å². The number of anilines is 2. The minimum Gasteiger partial charge on any atom is -0.454 e. The number of ether oxygens (including phenoxy) is 1. The van der Waals surface area contributed by atoms with Crippen molar-refractivity contribution in [3.63, 3.8) is 0 Å². The number of carbonyl (C=O) groups is 3. The maximum atomic E-state index is 12.3. The van der Waals surface area contributed by atoms with Crippen molar-refractivity contribution in [1.29, 1.82) is 0 Å². The number of sulfonamides is 1. The number of rotatable bonds is 9. The predicted molar refractivity (Wildman–Crippen MR) is 114 cm³/mol. The van der Waals surface area contributed by atoms with Gasteiger partial charge in [-0.3, -0.25) is 14.3 Å². The van der Waals surface area contributed by atoms with E-state index in [1.165, 1.54) is 24.3 Å². The number of ketones is 1. The number of esters is 1. The number of amides is 1. The third-order valence-corrected chi connectivity index (χ3v) is 4.45. The van der Waals surface area contributed by atoms with E-state index in [1.54, 1.807) is 24.3 Å². The standard InChI is InChI=1S/C21H24N2O6S/c1-14(2)12-20(25)22-16-10-8-15(9-11-16)19(24)13-29-21(26)17-6-4-5-7-18(17)23-30(3,27)28/h4-11,14,23H,12-13H2,1-3H3,(H,22,25). The lowest BCUT2D eigenvalue weighted by Crippen LogP contribution is -2.17. The molecule has 0 bridgehead atoms. The minimum atomic E-state index is -3.58. The fourth-order valence-electron chi connectivity index (χ4n) is 2.56. The smallest absolute Gasteiger partial charge is 0.340 e. The molecule has 0 aromatic heterocycles. The molecule has 2 aromatic rings. The molecule has 0 radical (unpaired) electrons. The Morgan fingerprint density at radius 1 is 1.00 bits per heavy atom. The van der Waals surface area contributed by atoms with Crippen molar-refractivity contribution >= 4 is 39.1 Å². The maximum absolute atomic E-state index is 12.3. The van der Waals surface area contributed by atoms with Crippen LogP contribution < -0.4 is 10.0 Å². The van der Waals surface area contributed by atoms with Gasteiger partial charge in [0.25, 0.3) is 0 Å². The Morgan fingerprint density at radius 3 is 2.23 bits per heavy atom. The first-order valence-electron chi connectivity index (χ1n) is 9.22. The van der Waals surface area contributed by atoms with Crippen LogP contribution in [0.4, 0.5) is 11.4 Å². The van der Waals surface area contributed by atoms with Crippen LogP contribution in [0.3, 0.4) is 0 Å². The first kappa shape index (κ1) is 23.1. The average molecular weight is 432 g/mol. The van der Waals surface area contributed by atoms with Crippen LogP contribution in [0.25, 0.3) is 0 Å². The van der Waals surface area contributed by atoms with Gasteiger partial charge in [-0.1, -0.05) is 26.0 Å². The van der Waals surface area contributed by atoms with Crippen LogP contribution in [0, 0.1) is 5.92 Å². The van der Waals surface area contributed by atoms with Crippen molar-refractivity contribution < 1.29 is 27.5 Å². The van der Waals surface area contributed by atoms with Crippen LogP contribution in [0.5, 0.6) is 0 Å². The molecular formula is C21H24N2O6S. The summed E-state index contributed by atoms with van der Waals surface area (Å²) in [7, 11) is -3.58. The molecule has 0 unspecified atom stereocenters. The number of nitrogens with one attached hydrogen (secondary N) is 2. The molecule has 30 heavy (non-hydrogen) atoms. The Labute approximate surface area is 175 Å². The van der Waals surface area contributed by atoms with Crippen LogP contribution in [0.15, 0.2) is 48.5 Å². The van der Waals surface area contributed by atoms with Crippen molar-refractivity contribution in [3.8, 4) is 0 Å². The molecule has 0 atom stereocenters. The molecule has 0 heterocycles. The Balaban J connectivity index is 1.98. The van der Waals surface area contributed by atoms with Gasteiger partial charge in [-0.2, -0.15) is 0 Å². The Morgan fingerprint density at radius 2 is 1.63 bits per heavy atom. The molecule has 9 heteroatoms. The largest absolute Gasteiger partial charge is 0.454 e. The van der Waals surface area contributed by atoms with Gasteiger partial charge in [0.15, 0.2) is 12.4 Å². The van der Waals surface area contributed by atoms with Gasteiger partial charge < -0.3 is 10.1 Å². The van der Waals surface area contributed by atoms with Crippen molar-refractivity contribution in [3.05, 3.63) is 59.7 Å². The summed E-state index contributed by atoms with van der Waals surface area (Å²) in [5.41, 5.74) is 0.944. The Bertz CT molecular complexity index is 1030. The average Bonchev–Trinajstić information content (AvgIpc) is 2.65. The zero-order chi connectivity index (χ0) is 22.3. The number of hydrogen-bond acceptors (Lipinski definition) is 6. The zero-order valence-corrected chi connectivity index (χ0v) is 17.8. The van der Waals surface area contributed by atoms with Crippen LogP contribution in [-0.4, -0.2) is 38.9 Å². The van der Waals surface area contributed by atoms with Crippen molar-refractivity contribution in [2.45, 2.75) is 20.3 Å². The van der Waals surface area contributed by atoms with Crippen LogP contribution in [-0.2, 0) is 19.6 Å². The number of para-hydroxylation sites is 1. The van der Waals surface area contributed by atoms with E-state index in [-0.39, 0.29) is 23.1 Å². The predicted octanol–water partition coefficient (Wildman–Crippen LogP) is 3.08. The molecular weight excluding hydrogens is 408 g/mol. The summed E-state index contributed by atoms with van der Waals surface area (Å²) in [6.45, 7) is 3.38. The number of Topliss-reactive ketones (excluding diaryl/α,β-unsaturated/α-hetero) is 1. The lowest BCUT2D eigenvalue weighted by atomic mass is 10.1. The van der Waals surface area contributed by atoms with Crippen molar-refractivity contribution in [1.82, 2.24) is 0 Å². The van der Waals surface area contributed by atoms with E-state index in [1.807, 2.05) is 13.8 Å². The number of hydrogen-bond donors (Lipinski definition) is 2. The van der Waals surface area contributed by atoms with E-state index in [0.29, 0.717) is 17.7 Å². The second-order valence-electron chi connectivity index (χ2n) is 7.14. The third-order valence-electron chi connectivity index (χ3n) is 3.86. The summed E-state index contributed by atoms with van der Waals surface area (Å²) in [6, 6.07) is 12.2. The van der Waals surface area contributed by atoms with E-state index in [4.69, 9.17) is 4.74 Å². The summed E-state index contributed by atoms with van der Waals surface area (Å²) in [4.78, 5) is 36.4. The van der Waals surface area contributed by atoms with Crippen molar-refractivity contribution in [2.24, 2.45) is 5.92 Å². The highest BCUT2D eigenvalue weighted by atomic mass is 32.2. The molecule has 0 aliphatic rings. The molecule has 0 saturated carbocycles. The normalized spacial score (nSPS) is 11.1. The topological polar surface area (TPSA) is 119 Å². The third kappa shape index (κ3) is 7.32. The van der Waals surface area contributed by atoms with E-state index in [2.05, 4.69) is 10.0 Å². The Kier molecular flexibility index (Phi) is 7.71. The molecule has 0 spiro atoms. The summed E-state index contributed by atoms with van der Waals surface area (Å²) in [6.07, 6.45) is 1.36. The summed E-state index contributed by atoms with van der Waals surface area (Å²) in [5.74, 6) is -1.14. The molecule has 0 aliphatic carbocycles. The lowest BCUT2D eigenvalue weighted by molar-refractivity contribution is -0.116. The molecule has 0 aliphatic heterocycles. The first-order chi connectivity index (χ1) is 14.0. The summed E-state index contributed by atoms with van der Waals surface area (Å²) < 4.78 is 30.1. The molecule has 8 nitrogen and oxygen atoms in total. The van der Waals surface area contributed by atoms with Gasteiger partial charge in [-0.15, -0.1) is 0 Å². The van der Waals surface area contributed by atoms with E-state index >= 15 is 0 Å². The van der Waals surface area contributed by atoms with Gasteiger partial charge in [0, 0.05) is 17.7 Å². The highest BCUT2D eigenvalue weighted by Crippen LogP contribution is 2.18. The van der Waals surface area contributed by atoms with E-state index in [0.717, 1.165) is 6.26 Å². The quantitative estimate of drug-likeness (QED) is 0.464. The van der Waals surface area contributed by atoms with E-state index < -0.39 is 28.4 Å². The second kappa shape index (κ2) is 10.0.